The maximum absolute atomic E-state index is 10.5. The van der Waals surface area contributed by atoms with Gasteiger partial charge in [-0.2, -0.15) is 5.26 Å². The second-order valence-corrected chi connectivity index (χ2v) is 4.30. The van der Waals surface area contributed by atoms with Crippen LogP contribution >= 0.6 is 15.9 Å². The van der Waals surface area contributed by atoms with Crippen LogP contribution in [0, 0.1) is 17.2 Å². The summed E-state index contributed by atoms with van der Waals surface area (Å²) in [6.45, 7) is 1.88. The fourth-order valence-corrected chi connectivity index (χ4v) is 1.81. The van der Waals surface area contributed by atoms with Gasteiger partial charge in [0.2, 0.25) is 0 Å². The van der Waals surface area contributed by atoms with Crippen molar-refractivity contribution in [3.8, 4) is 6.07 Å². The first-order valence-corrected chi connectivity index (χ1v) is 4.15. The van der Waals surface area contributed by atoms with E-state index >= 15 is 0 Å². The van der Waals surface area contributed by atoms with Crippen LogP contribution in [-0.2, 0) is 4.79 Å². The van der Waals surface area contributed by atoms with Crippen molar-refractivity contribution in [3.63, 3.8) is 0 Å². The molecule has 0 radical (unpaired) electrons. The van der Waals surface area contributed by atoms with E-state index in [1.165, 1.54) is 6.08 Å². The lowest BCUT2D eigenvalue weighted by Gasteiger charge is -1.97. The molecule has 1 aliphatic carbocycles. The SMILES string of the molecule is C/C(=C\C#N)[C@@H]1C[C@@]1(Br)C=O. The number of allylic oxidation sites excluding steroid dienone is 2. The van der Waals surface area contributed by atoms with Crippen LogP contribution < -0.4 is 0 Å². The minimum atomic E-state index is -0.357. The van der Waals surface area contributed by atoms with Crippen LogP contribution in [0.1, 0.15) is 13.3 Å². The maximum atomic E-state index is 10.5. The van der Waals surface area contributed by atoms with Crippen molar-refractivity contribution in [2.24, 2.45) is 5.92 Å². The first kappa shape index (κ1) is 8.48. The Labute approximate surface area is 74.0 Å². The topological polar surface area (TPSA) is 40.9 Å². The van der Waals surface area contributed by atoms with Gasteiger partial charge in [-0.05, 0) is 13.3 Å². The molecule has 0 unspecified atom stereocenters. The molecule has 0 aliphatic heterocycles. The number of nitrogens with zero attached hydrogens (tertiary/aromatic N) is 1. The van der Waals surface area contributed by atoms with Gasteiger partial charge in [0.05, 0.1) is 10.4 Å². The molecule has 0 spiro atoms. The van der Waals surface area contributed by atoms with Gasteiger partial charge in [-0.25, -0.2) is 0 Å². The molecule has 1 fully saturated rings. The number of hydrogen-bond donors (Lipinski definition) is 0. The molecule has 2 nitrogen and oxygen atoms in total. The van der Waals surface area contributed by atoms with E-state index in [2.05, 4.69) is 15.9 Å². The third-order valence-electron chi connectivity index (χ3n) is 1.97. The van der Waals surface area contributed by atoms with Crippen molar-refractivity contribution < 1.29 is 4.79 Å². The third kappa shape index (κ3) is 1.51. The second kappa shape index (κ2) is 2.78. The van der Waals surface area contributed by atoms with Gasteiger partial charge in [0.1, 0.15) is 6.29 Å². The number of aldehydes is 1. The van der Waals surface area contributed by atoms with Gasteiger partial charge in [0.25, 0.3) is 0 Å². The molecule has 0 N–H and O–H groups in total. The van der Waals surface area contributed by atoms with E-state index in [0.717, 1.165) is 18.3 Å². The zero-order valence-corrected chi connectivity index (χ0v) is 7.76. The molecule has 0 bridgehead atoms. The Morgan fingerprint density at radius 2 is 2.55 bits per heavy atom. The molecule has 0 aromatic rings. The summed E-state index contributed by atoms with van der Waals surface area (Å²) in [4.78, 5) is 10.5. The average Bonchev–Trinajstić information content (AvgIpc) is 2.65. The molecule has 0 saturated heterocycles. The van der Waals surface area contributed by atoms with Gasteiger partial charge in [0.15, 0.2) is 0 Å². The minimum absolute atomic E-state index is 0.236. The van der Waals surface area contributed by atoms with Crippen molar-refractivity contribution in [2.45, 2.75) is 17.7 Å². The van der Waals surface area contributed by atoms with E-state index < -0.39 is 0 Å². The number of carbonyl (C=O) groups is 1. The zero-order chi connectivity index (χ0) is 8.48. The third-order valence-corrected chi connectivity index (χ3v) is 3.04. The fraction of sp³-hybridized carbons (Fsp3) is 0.500. The fourth-order valence-electron chi connectivity index (χ4n) is 1.13. The highest BCUT2D eigenvalue weighted by molar-refractivity contribution is 9.10. The van der Waals surface area contributed by atoms with Crippen molar-refractivity contribution >= 4 is 22.2 Å². The van der Waals surface area contributed by atoms with Gasteiger partial charge in [-0.15, -0.1) is 0 Å². The summed E-state index contributed by atoms with van der Waals surface area (Å²) in [6.07, 6.45) is 3.23. The number of carbonyl (C=O) groups excluding carboxylic acids is 1. The highest BCUT2D eigenvalue weighted by Crippen LogP contribution is 2.53. The van der Waals surface area contributed by atoms with Gasteiger partial charge in [-0.1, -0.05) is 21.5 Å². The Morgan fingerprint density at radius 1 is 1.91 bits per heavy atom. The van der Waals surface area contributed by atoms with Crippen LogP contribution in [0.4, 0.5) is 0 Å². The first-order valence-electron chi connectivity index (χ1n) is 3.35. The van der Waals surface area contributed by atoms with E-state index in [4.69, 9.17) is 5.26 Å². The van der Waals surface area contributed by atoms with E-state index in [9.17, 15) is 4.79 Å². The smallest absolute Gasteiger partial charge is 0.137 e. The standard InChI is InChI=1S/C8H8BrNO/c1-6(2-3-10)7-4-8(7,9)5-11/h2,5,7H,4H2,1H3/b6-2+/t7-,8+/m0/s1. The van der Waals surface area contributed by atoms with Crippen LogP contribution in [0.5, 0.6) is 0 Å². The van der Waals surface area contributed by atoms with Gasteiger partial charge < -0.3 is 4.79 Å². The molecule has 0 heterocycles. The second-order valence-electron chi connectivity index (χ2n) is 2.82. The monoisotopic (exact) mass is 213 g/mol. The van der Waals surface area contributed by atoms with Crippen molar-refractivity contribution in [2.75, 3.05) is 0 Å². The molecular weight excluding hydrogens is 206 g/mol. The van der Waals surface area contributed by atoms with Gasteiger partial charge in [0, 0.05) is 12.0 Å². The molecule has 2 atom stereocenters. The van der Waals surface area contributed by atoms with E-state index in [-0.39, 0.29) is 10.2 Å². The molecule has 0 aromatic heterocycles. The summed E-state index contributed by atoms with van der Waals surface area (Å²) >= 11 is 3.31. The molecular formula is C8H8BrNO. The lowest BCUT2D eigenvalue weighted by atomic mass is 10.1. The summed E-state index contributed by atoms with van der Waals surface area (Å²) in [7, 11) is 0. The Morgan fingerprint density at radius 3 is 2.91 bits per heavy atom. The Hall–Kier alpha value is -0.620. The number of rotatable bonds is 2. The molecule has 58 valence electrons. The molecule has 1 rings (SSSR count). The highest BCUT2D eigenvalue weighted by Gasteiger charge is 2.53. The summed E-state index contributed by atoms with van der Waals surface area (Å²) in [5.41, 5.74) is 0.983. The quantitative estimate of drug-likeness (QED) is 0.399. The summed E-state index contributed by atoms with van der Waals surface area (Å²) in [6, 6.07) is 1.95. The van der Waals surface area contributed by atoms with Crippen LogP contribution in [0.15, 0.2) is 11.6 Å². The van der Waals surface area contributed by atoms with Crippen LogP contribution in [0.25, 0.3) is 0 Å². The average molecular weight is 214 g/mol. The van der Waals surface area contributed by atoms with Crippen LogP contribution in [0.2, 0.25) is 0 Å². The zero-order valence-electron chi connectivity index (χ0n) is 6.17. The Bertz CT molecular complexity index is 253. The largest absolute Gasteiger partial charge is 0.302 e. The number of alkyl halides is 1. The molecule has 1 saturated carbocycles. The summed E-state index contributed by atoms with van der Waals surface area (Å²) in [5.74, 6) is 0.236. The van der Waals surface area contributed by atoms with Crippen molar-refractivity contribution in [3.05, 3.63) is 11.6 Å². The van der Waals surface area contributed by atoms with Crippen LogP contribution in [0.3, 0.4) is 0 Å². The molecule has 3 heteroatoms. The predicted octanol–water partition coefficient (Wildman–Crippen LogP) is 1.81. The lowest BCUT2D eigenvalue weighted by Crippen LogP contribution is -2.03. The maximum Gasteiger partial charge on any atom is 0.137 e. The molecule has 1 aliphatic rings. The van der Waals surface area contributed by atoms with Gasteiger partial charge in [-0.3, -0.25) is 0 Å². The Balaban J connectivity index is 2.64. The predicted molar refractivity (Wildman–Crippen MR) is 45.2 cm³/mol. The number of hydrogen-bond acceptors (Lipinski definition) is 2. The highest BCUT2D eigenvalue weighted by atomic mass is 79.9. The van der Waals surface area contributed by atoms with E-state index in [0.29, 0.717) is 0 Å². The molecule has 0 amide bonds. The first-order chi connectivity index (χ1) is 5.14. The van der Waals surface area contributed by atoms with E-state index in [1.54, 1.807) is 0 Å². The lowest BCUT2D eigenvalue weighted by molar-refractivity contribution is -0.108. The van der Waals surface area contributed by atoms with Gasteiger partial charge >= 0.3 is 0 Å². The Kier molecular flexibility index (Phi) is 2.15. The van der Waals surface area contributed by atoms with E-state index in [1.807, 2.05) is 13.0 Å². The minimum Gasteiger partial charge on any atom is -0.302 e. The molecule has 0 aromatic carbocycles. The molecule has 11 heavy (non-hydrogen) atoms. The van der Waals surface area contributed by atoms with Crippen molar-refractivity contribution in [1.29, 1.82) is 5.26 Å². The normalized spacial score (nSPS) is 36.1. The van der Waals surface area contributed by atoms with Crippen LogP contribution in [-0.4, -0.2) is 10.6 Å². The van der Waals surface area contributed by atoms with Crippen molar-refractivity contribution in [1.82, 2.24) is 0 Å². The number of halogens is 1. The summed E-state index contributed by atoms with van der Waals surface area (Å²) < 4.78 is -0.357. The summed E-state index contributed by atoms with van der Waals surface area (Å²) in [5, 5.41) is 8.33. The number of nitriles is 1.